The molecular formula is C25H23ClN4O. The number of halogens is 1. The molecule has 1 amide bonds. The number of nitrogens with one attached hydrogen (secondary N) is 1. The minimum Gasteiger partial charge on any atom is -0.297 e. The van der Waals surface area contributed by atoms with E-state index in [1.165, 1.54) is 0 Å². The van der Waals surface area contributed by atoms with E-state index in [-0.39, 0.29) is 11.9 Å². The lowest BCUT2D eigenvalue weighted by Crippen LogP contribution is -2.47. The van der Waals surface area contributed by atoms with Crippen LogP contribution in [-0.2, 0) is 10.3 Å². The number of anilines is 1. The molecule has 2 aromatic carbocycles. The largest absolute Gasteiger partial charge is 0.297 e. The van der Waals surface area contributed by atoms with E-state index < -0.39 is 11.6 Å². The summed E-state index contributed by atoms with van der Waals surface area (Å²) in [6.07, 6.45) is 2.11. The highest BCUT2D eigenvalue weighted by molar-refractivity contribution is 6.30. The lowest BCUT2D eigenvalue weighted by molar-refractivity contribution is -0.119. The van der Waals surface area contributed by atoms with Crippen LogP contribution in [0, 0.1) is 11.3 Å². The summed E-state index contributed by atoms with van der Waals surface area (Å²) in [4.78, 5) is 19.7. The van der Waals surface area contributed by atoms with Crippen molar-refractivity contribution in [2.75, 3.05) is 4.90 Å². The molecule has 4 rings (SSSR count). The van der Waals surface area contributed by atoms with Gasteiger partial charge in [0.05, 0.1) is 28.7 Å². The molecule has 1 saturated heterocycles. The molecule has 1 fully saturated rings. The van der Waals surface area contributed by atoms with Crippen molar-refractivity contribution in [2.24, 2.45) is 0 Å². The summed E-state index contributed by atoms with van der Waals surface area (Å²) in [6, 6.07) is 22.5. The number of hydrogen-bond donors (Lipinski definition) is 1. The van der Waals surface area contributed by atoms with Crippen LogP contribution in [0.15, 0.2) is 72.9 Å². The maximum Gasteiger partial charge on any atom is 0.245 e. The van der Waals surface area contributed by atoms with Crippen LogP contribution in [0.3, 0.4) is 0 Å². The Balaban J connectivity index is 1.70. The molecule has 31 heavy (non-hydrogen) atoms. The van der Waals surface area contributed by atoms with Gasteiger partial charge in [-0.05, 0) is 55.7 Å². The number of nitriles is 1. The van der Waals surface area contributed by atoms with Crippen molar-refractivity contribution in [3.05, 3.63) is 94.6 Å². The zero-order chi connectivity index (χ0) is 22.0. The third-order valence-corrected chi connectivity index (χ3v) is 5.92. The quantitative estimate of drug-likeness (QED) is 0.619. The number of aromatic nitrogens is 1. The molecule has 3 aromatic rings. The third-order valence-electron chi connectivity index (χ3n) is 5.70. The Labute approximate surface area is 187 Å². The molecule has 1 aromatic heterocycles. The van der Waals surface area contributed by atoms with Crippen molar-refractivity contribution in [3.63, 3.8) is 0 Å². The van der Waals surface area contributed by atoms with Crippen molar-refractivity contribution < 1.29 is 4.79 Å². The topological polar surface area (TPSA) is 69.0 Å². The SMILES string of the molecule is CC(C)(N[C@@H]1C[C@H](c2cccc(C#N)c2)N(c2ccc(Cl)cn2)C1=O)c1ccccc1. The van der Waals surface area contributed by atoms with E-state index in [1.54, 1.807) is 29.3 Å². The maximum atomic E-state index is 13.6. The smallest absolute Gasteiger partial charge is 0.245 e. The van der Waals surface area contributed by atoms with Gasteiger partial charge >= 0.3 is 0 Å². The monoisotopic (exact) mass is 430 g/mol. The van der Waals surface area contributed by atoms with Crippen molar-refractivity contribution in [3.8, 4) is 6.07 Å². The second-order valence-electron chi connectivity index (χ2n) is 8.22. The van der Waals surface area contributed by atoms with Gasteiger partial charge in [-0.25, -0.2) is 4.98 Å². The predicted molar refractivity (Wildman–Crippen MR) is 122 cm³/mol. The summed E-state index contributed by atoms with van der Waals surface area (Å²) in [5.74, 6) is 0.495. The van der Waals surface area contributed by atoms with Gasteiger partial charge in [-0.15, -0.1) is 0 Å². The molecule has 0 aliphatic carbocycles. The Morgan fingerprint density at radius 2 is 1.90 bits per heavy atom. The first-order chi connectivity index (χ1) is 14.9. The Morgan fingerprint density at radius 3 is 2.58 bits per heavy atom. The molecule has 6 heteroatoms. The third kappa shape index (κ3) is 4.32. The standard InChI is InChI=1S/C25H23ClN4O/c1-25(2,19-9-4-3-5-10-19)29-21-14-22(18-8-6-7-17(13-18)15-27)30(24(21)31)23-12-11-20(26)16-28-23/h3-13,16,21-22,29H,14H2,1-2H3/t21-,22-/m1/s1. The Bertz CT molecular complexity index is 1120. The highest BCUT2D eigenvalue weighted by atomic mass is 35.5. The summed E-state index contributed by atoms with van der Waals surface area (Å²) in [5.41, 5.74) is 2.18. The van der Waals surface area contributed by atoms with Crippen molar-refractivity contribution in [1.29, 1.82) is 5.26 Å². The van der Waals surface area contributed by atoms with Crippen molar-refractivity contribution in [1.82, 2.24) is 10.3 Å². The van der Waals surface area contributed by atoms with Crippen molar-refractivity contribution in [2.45, 2.75) is 37.9 Å². The average molecular weight is 431 g/mol. The molecule has 0 radical (unpaired) electrons. The lowest BCUT2D eigenvalue weighted by Gasteiger charge is -2.30. The first kappa shape index (κ1) is 21.0. The first-order valence-corrected chi connectivity index (χ1v) is 10.5. The van der Waals surface area contributed by atoms with E-state index >= 15 is 0 Å². The van der Waals surface area contributed by atoms with Gasteiger partial charge < -0.3 is 0 Å². The van der Waals surface area contributed by atoms with Crippen LogP contribution in [0.2, 0.25) is 5.02 Å². The fourth-order valence-electron chi connectivity index (χ4n) is 4.13. The normalized spacial score (nSPS) is 18.8. The summed E-state index contributed by atoms with van der Waals surface area (Å²) >= 11 is 6.02. The molecule has 0 spiro atoms. The van der Waals surface area contributed by atoms with Gasteiger partial charge in [-0.3, -0.25) is 15.0 Å². The lowest BCUT2D eigenvalue weighted by atomic mass is 9.92. The molecule has 0 unspecified atom stereocenters. The van der Waals surface area contributed by atoms with E-state index in [4.69, 9.17) is 11.6 Å². The number of nitrogens with zero attached hydrogens (tertiary/aromatic N) is 3. The summed E-state index contributed by atoms with van der Waals surface area (Å²) in [7, 11) is 0. The fourth-order valence-corrected chi connectivity index (χ4v) is 4.24. The number of rotatable bonds is 5. The van der Waals surface area contributed by atoms with E-state index in [2.05, 4.69) is 42.4 Å². The van der Waals surface area contributed by atoms with Crippen LogP contribution >= 0.6 is 11.6 Å². The van der Waals surface area contributed by atoms with Gasteiger partial charge in [0.2, 0.25) is 5.91 Å². The number of carbonyl (C=O) groups is 1. The van der Waals surface area contributed by atoms with Crippen LogP contribution in [0.25, 0.3) is 0 Å². The minimum atomic E-state index is -0.400. The van der Waals surface area contributed by atoms with E-state index in [9.17, 15) is 10.1 Å². The molecule has 1 N–H and O–H groups in total. The highest BCUT2D eigenvalue weighted by Crippen LogP contribution is 2.38. The molecule has 156 valence electrons. The van der Waals surface area contributed by atoms with Gasteiger partial charge in [0.15, 0.2) is 0 Å². The number of hydrogen-bond acceptors (Lipinski definition) is 4. The van der Waals surface area contributed by atoms with E-state index in [1.807, 2.05) is 36.4 Å². The number of benzene rings is 2. The molecule has 1 aliphatic rings. The van der Waals surface area contributed by atoms with E-state index in [0.29, 0.717) is 22.8 Å². The summed E-state index contributed by atoms with van der Waals surface area (Å²) < 4.78 is 0. The summed E-state index contributed by atoms with van der Waals surface area (Å²) in [5, 5.41) is 13.4. The molecule has 0 saturated carbocycles. The van der Waals surface area contributed by atoms with Gasteiger partial charge in [0, 0.05) is 11.7 Å². The predicted octanol–water partition coefficient (Wildman–Crippen LogP) is 4.98. The zero-order valence-electron chi connectivity index (χ0n) is 17.4. The van der Waals surface area contributed by atoms with E-state index in [0.717, 1.165) is 11.1 Å². The number of amides is 1. The Kier molecular flexibility index (Phi) is 5.77. The Morgan fingerprint density at radius 1 is 1.13 bits per heavy atom. The molecule has 0 bridgehead atoms. The first-order valence-electron chi connectivity index (χ1n) is 10.2. The molecule has 2 atom stereocenters. The maximum absolute atomic E-state index is 13.6. The van der Waals surface area contributed by atoms with Gasteiger partial charge in [-0.2, -0.15) is 5.26 Å². The molecule has 1 aliphatic heterocycles. The van der Waals surface area contributed by atoms with Crippen LogP contribution in [0.4, 0.5) is 5.82 Å². The highest BCUT2D eigenvalue weighted by Gasteiger charge is 2.43. The molecule has 5 nitrogen and oxygen atoms in total. The number of pyridine rings is 1. The van der Waals surface area contributed by atoms with Gasteiger partial charge in [0.25, 0.3) is 0 Å². The van der Waals surface area contributed by atoms with Crippen LogP contribution in [0.1, 0.15) is 43.0 Å². The zero-order valence-corrected chi connectivity index (χ0v) is 18.2. The van der Waals surface area contributed by atoms with Gasteiger partial charge in [0.1, 0.15) is 5.82 Å². The molecular weight excluding hydrogens is 408 g/mol. The fraction of sp³-hybridized carbons (Fsp3) is 0.240. The summed E-state index contributed by atoms with van der Waals surface area (Å²) in [6.45, 7) is 4.15. The minimum absolute atomic E-state index is 0.0498. The van der Waals surface area contributed by atoms with Crippen molar-refractivity contribution >= 4 is 23.3 Å². The Hall–Kier alpha value is -3.20. The second kappa shape index (κ2) is 8.50. The van der Waals surface area contributed by atoms with Gasteiger partial charge in [-0.1, -0.05) is 54.1 Å². The average Bonchev–Trinajstić information content (AvgIpc) is 3.10. The number of carbonyl (C=O) groups excluding carboxylic acids is 1. The second-order valence-corrected chi connectivity index (χ2v) is 8.66. The molecule has 2 heterocycles. The van der Waals surface area contributed by atoms with Crippen LogP contribution in [-0.4, -0.2) is 16.9 Å². The van der Waals surface area contributed by atoms with Crippen LogP contribution < -0.4 is 10.2 Å². The van der Waals surface area contributed by atoms with Crippen LogP contribution in [0.5, 0.6) is 0 Å².